The van der Waals surface area contributed by atoms with Crippen molar-refractivity contribution in [1.82, 2.24) is 19.3 Å². The van der Waals surface area contributed by atoms with Crippen molar-refractivity contribution in [3.05, 3.63) is 80.8 Å². The smallest absolute Gasteiger partial charge is 0.274 e. The van der Waals surface area contributed by atoms with Gasteiger partial charge < -0.3 is 15.0 Å². The number of aromatic amines is 1. The molecule has 174 valence electrons. The lowest BCUT2D eigenvalue weighted by molar-refractivity contribution is 0.0750. The van der Waals surface area contributed by atoms with Crippen molar-refractivity contribution in [2.24, 2.45) is 0 Å². The first kappa shape index (κ1) is 21.0. The molecule has 3 heterocycles. The molecule has 1 aliphatic carbocycles. The van der Waals surface area contributed by atoms with Gasteiger partial charge >= 0.3 is 0 Å². The fourth-order valence-corrected chi connectivity index (χ4v) is 5.49. The molecule has 0 atom stereocenters. The lowest BCUT2D eigenvalue weighted by atomic mass is 9.87. The summed E-state index contributed by atoms with van der Waals surface area (Å²) in [5.74, 6) is 0.498. The van der Waals surface area contributed by atoms with Crippen LogP contribution >= 0.6 is 0 Å². The Hall–Kier alpha value is -3.52. The first-order valence-corrected chi connectivity index (χ1v) is 11.7. The number of aromatic nitrogens is 3. The molecule has 2 aliphatic rings. The zero-order chi connectivity index (χ0) is 23.6. The Morgan fingerprint density at radius 3 is 2.71 bits per heavy atom. The molecule has 0 radical (unpaired) electrons. The molecule has 0 unspecified atom stereocenters. The van der Waals surface area contributed by atoms with E-state index in [9.17, 15) is 19.1 Å². The van der Waals surface area contributed by atoms with Crippen LogP contribution in [-0.2, 0) is 13.1 Å². The van der Waals surface area contributed by atoms with E-state index in [-0.39, 0.29) is 35.9 Å². The van der Waals surface area contributed by atoms with Gasteiger partial charge in [-0.1, -0.05) is 12.1 Å². The van der Waals surface area contributed by atoms with Gasteiger partial charge in [0.25, 0.3) is 11.5 Å². The molecule has 1 fully saturated rings. The third-order valence-electron chi connectivity index (χ3n) is 7.36. The third kappa shape index (κ3) is 3.24. The van der Waals surface area contributed by atoms with Crippen molar-refractivity contribution in [3.63, 3.8) is 0 Å². The van der Waals surface area contributed by atoms with Gasteiger partial charge in [0, 0.05) is 30.1 Å². The monoisotopic (exact) mass is 460 g/mol. The van der Waals surface area contributed by atoms with E-state index in [1.54, 1.807) is 23.2 Å². The van der Waals surface area contributed by atoms with E-state index in [0.29, 0.717) is 28.7 Å². The normalized spacial score (nSPS) is 20.3. The summed E-state index contributed by atoms with van der Waals surface area (Å²) in [4.78, 5) is 35.4. The number of amides is 1. The van der Waals surface area contributed by atoms with Gasteiger partial charge in [0.15, 0.2) is 0 Å². The van der Waals surface area contributed by atoms with Crippen molar-refractivity contribution in [2.45, 2.75) is 57.7 Å². The molecule has 0 bridgehead atoms. The second-order valence-corrected chi connectivity index (χ2v) is 9.52. The van der Waals surface area contributed by atoms with E-state index in [1.807, 2.05) is 23.5 Å². The number of carbonyl (C=O) groups is 1. The summed E-state index contributed by atoms with van der Waals surface area (Å²) in [6.45, 7) is 2.46. The molecule has 2 aromatic heterocycles. The van der Waals surface area contributed by atoms with Crippen LogP contribution in [0.2, 0.25) is 0 Å². The van der Waals surface area contributed by atoms with Crippen molar-refractivity contribution < 1.29 is 14.3 Å². The van der Waals surface area contributed by atoms with Gasteiger partial charge in [-0.05, 0) is 61.9 Å². The van der Waals surface area contributed by atoms with Crippen LogP contribution in [0.25, 0.3) is 16.6 Å². The van der Waals surface area contributed by atoms with Gasteiger partial charge in [-0.2, -0.15) is 0 Å². The zero-order valence-corrected chi connectivity index (χ0v) is 18.8. The highest BCUT2D eigenvalue weighted by Gasteiger charge is 2.29. The highest BCUT2D eigenvalue weighted by molar-refractivity contribution is 5.99. The van der Waals surface area contributed by atoms with Crippen LogP contribution in [0, 0.1) is 12.7 Å². The van der Waals surface area contributed by atoms with Gasteiger partial charge in [0.05, 0.1) is 23.3 Å². The topological polar surface area (TPSA) is 90.7 Å². The molecule has 2 aromatic carbocycles. The number of nitrogens with zero attached hydrogens (tertiary/aromatic N) is 3. The number of rotatable bonds is 2. The number of aryl methyl sites for hydroxylation is 1. The fourth-order valence-electron chi connectivity index (χ4n) is 5.49. The van der Waals surface area contributed by atoms with E-state index >= 15 is 0 Å². The minimum Gasteiger partial charge on any atom is -0.393 e. The van der Waals surface area contributed by atoms with Crippen molar-refractivity contribution in [1.29, 1.82) is 0 Å². The molecule has 8 heteroatoms. The third-order valence-corrected chi connectivity index (χ3v) is 7.36. The van der Waals surface area contributed by atoms with E-state index in [2.05, 4.69) is 9.97 Å². The van der Waals surface area contributed by atoms with Gasteiger partial charge in [-0.15, -0.1) is 0 Å². The lowest BCUT2D eigenvalue weighted by Crippen LogP contribution is -2.26. The average molecular weight is 461 g/mol. The second kappa shape index (κ2) is 7.77. The van der Waals surface area contributed by atoms with E-state index in [0.717, 1.165) is 48.2 Å². The molecule has 1 aliphatic heterocycles. The van der Waals surface area contributed by atoms with E-state index in [1.165, 1.54) is 6.07 Å². The van der Waals surface area contributed by atoms with Crippen LogP contribution in [0.15, 0.2) is 41.3 Å². The standard InChI is InChI=1S/C26H25FN4O3/c1-14-9-22-21(10-18(14)26(34)30-12-16-3-2-4-20(27)19(16)13-30)29-25(33)23-11-28-24(31(22)23)15-5-7-17(32)8-6-15/h2-4,9-11,15,17,32H,5-8,12-13H2,1H3,(H,29,33)/t15-,17+. The van der Waals surface area contributed by atoms with E-state index in [4.69, 9.17) is 0 Å². The first-order chi connectivity index (χ1) is 16.4. The summed E-state index contributed by atoms with van der Waals surface area (Å²) < 4.78 is 16.1. The van der Waals surface area contributed by atoms with Crippen LogP contribution in [0.1, 0.15) is 64.5 Å². The molecular weight excluding hydrogens is 435 g/mol. The zero-order valence-electron chi connectivity index (χ0n) is 18.8. The minimum atomic E-state index is -0.294. The first-order valence-electron chi connectivity index (χ1n) is 11.7. The number of fused-ring (bicyclic) bond motifs is 4. The summed E-state index contributed by atoms with van der Waals surface area (Å²) in [7, 11) is 0. The summed E-state index contributed by atoms with van der Waals surface area (Å²) in [5.41, 5.74) is 4.20. The van der Waals surface area contributed by atoms with Crippen molar-refractivity contribution >= 4 is 22.5 Å². The number of benzene rings is 2. The Kier molecular flexibility index (Phi) is 4.81. The van der Waals surface area contributed by atoms with Gasteiger partial charge in [0.1, 0.15) is 17.2 Å². The summed E-state index contributed by atoms with van der Waals surface area (Å²) >= 11 is 0. The highest BCUT2D eigenvalue weighted by Crippen LogP contribution is 2.34. The summed E-state index contributed by atoms with van der Waals surface area (Å²) in [5, 5.41) is 9.90. The molecule has 6 rings (SSSR count). The highest BCUT2D eigenvalue weighted by atomic mass is 19.1. The number of imidazole rings is 1. The summed E-state index contributed by atoms with van der Waals surface area (Å²) in [6.07, 6.45) is 4.40. The number of hydrogen-bond donors (Lipinski definition) is 2. The predicted molar refractivity (Wildman–Crippen MR) is 125 cm³/mol. The number of hydrogen-bond acceptors (Lipinski definition) is 4. The summed E-state index contributed by atoms with van der Waals surface area (Å²) in [6, 6.07) is 8.56. The van der Waals surface area contributed by atoms with Crippen LogP contribution in [0.5, 0.6) is 0 Å². The van der Waals surface area contributed by atoms with Crippen LogP contribution < -0.4 is 5.56 Å². The lowest BCUT2D eigenvalue weighted by Gasteiger charge is -2.25. The predicted octanol–water partition coefficient (Wildman–Crippen LogP) is 3.80. The SMILES string of the molecule is Cc1cc2c(cc1C(=O)N1Cc3cccc(F)c3C1)[nH]c(=O)c1cnc([C@H]3CC[C@@H](O)CC3)n12. The maximum Gasteiger partial charge on any atom is 0.274 e. The Morgan fingerprint density at radius 2 is 1.94 bits per heavy atom. The molecule has 0 spiro atoms. The van der Waals surface area contributed by atoms with Crippen LogP contribution in [0.3, 0.4) is 0 Å². The number of carbonyl (C=O) groups excluding carboxylic acids is 1. The number of aliphatic hydroxyl groups excluding tert-OH is 1. The minimum absolute atomic E-state index is 0.163. The molecule has 1 saturated carbocycles. The fraction of sp³-hybridized carbons (Fsp3) is 0.346. The molecule has 7 nitrogen and oxygen atoms in total. The van der Waals surface area contributed by atoms with Crippen molar-refractivity contribution in [2.75, 3.05) is 0 Å². The number of H-pyrrole nitrogens is 1. The molecule has 34 heavy (non-hydrogen) atoms. The number of halogens is 1. The molecular formula is C26H25FN4O3. The van der Waals surface area contributed by atoms with Crippen LogP contribution in [-0.4, -0.2) is 36.4 Å². The van der Waals surface area contributed by atoms with Crippen LogP contribution in [0.4, 0.5) is 4.39 Å². The molecule has 0 saturated heterocycles. The van der Waals surface area contributed by atoms with Gasteiger partial charge in [0.2, 0.25) is 0 Å². The Balaban J connectivity index is 1.42. The largest absolute Gasteiger partial charge is 0.393 e. The Bertz CT molecular complexity index is 1510. The maximum atomic E-state index is 14.2. The maximum absolute atomic E-state index is 14.2. The van der Waals surface area contributed by atoms with Crippen molar-refractivity contribution in [3.8, 4) is 0 Å². The molecule has 1 amide bonds. The Labute approximate surface area is 194 Å². The average Bonchev–Trinajstić information content (AvgIpc) is 3.46. The Morgan fingerprint density at radius 1 is 1.15 bits per heavy atom. The number of nitrogens with one attached hydrogen (secondary N) is 1. The van der Waals surface area contributed by atoms with Gasteiger partial charge in [-0.3, -0.25) is 14.0 Å². The van der Waals surface area contributed by atoms with E-state index < -0.39 is 0 Å². The number of aliphatic hydroxyl groups is 1. The molecule has 4 aromatic rings. The quantitative estimate of drug-likeness (QED) is 0.476. The molecule has 2 N–H and O–H groups in total. The second-order valence-electron chi connectivity index (χ2n) is 9.52. The van der Waals surface area contributed by atoms with Gasteiger partial charge in [-0.25, -0.2) is 9.37 Å².